The van der Waals surface area contributed by atoms with Gasteiger partial charge in [-0.1, -0.05) is 0 Å². The Morgan fingerprint density at radius 1 is 1.44 bits per heavy atom. The molecule has 0 aromatic heterocycles. The van der Waals surface area contributed by atoms with Crippen LogP contribution >= 0.6 is 12.4 Å². The zero-order valence-electron chi connectivity index (χ0n) is 9.71. The van der Waals surface area contributed by atoms with Crippen LogP contribution in [0.2, 0.25) is 0 Å². The molecule has 1 fully saturated rings. The summed E-state index contributed by atoms with van der Waals surface area (Å²) in [6, 6.07) is -0.859. The molecule has 0 aromatic carbocycles. The van der Waals surface area contributed by atoms with Gasteiger partial charge < -0.3 is 10.6 Å². The van der Waals surface area contributed by atoms with Gasteiger partial charge in [0.1, 0.15) is 0 Å². The first kappa shape index (κ1) is 15.7. The first-order valence-electron chi connectivity index (χ1n) is 5.05. The maximum absolute atomic E-state index is 11.7. The smallest absolute Gasteiger partial charge is 0.239 e. The van der Waals surface area contributed by atoms with Crippen LogP contribution in [-0.4, -0.2) is 48.9 Å². The van der Waals surface area contributed by atoms with Crippen molar-refractivity contribution in [1.82, 2.24) is 4.90 Å². The first-order valence-corrected chi connectivity index (χ1v) is 6.76. The van der Waals surface area contributed by atoms with Crippen molar-refractivity contribution in [1.29, 1.82) is 0 Å². The van der Waals surface area contributed by atoms with E-state index in [1.54, 1.807) is 25.7 Å². The Morgan fingerprint density at radius 3 is 2.38 bits per heavy atom. The number of rotatable bonds is 1. The molecule has 2 unspecified atom stereocenters. The van der Waals surface area contributed by atoms with Crippen LogP contribution in [-0.2, 0) is 14.6 Å². The van der Waals surface area contributed by atoms with Crippen LogP contribution in [0.15, 0.2) is 0 Å². The van der Waals surface area contributed by atoms with Crippen LogP contribution in [0, 0.1) is 0 Å². The molecule has 5 nitrogen and oxygen atoms in total. The molecule has 0 spiro atoms. The molecule has 1 rings (SSSR count). The number of hydrogen-bond donors (Lipinski definition) is 1. The third-order valence-corrected chi connectivity index (χ3v) is 5.31. The topological polar surface area (TPSA) is 80.5 Å². The molecule has 0 aliphatic carbocycles. The first-order chi connectivity index (χ1) is 6.77. The van der Waals surface area contributed by atoms with Gasteiger partial charge in [0.05, 0.1) is 17.0 Å². The minimum absolute atomic E-state index is 0. The summed E-state index contributed by atoms with van der Waals surface area (Å²) in [6.07, 6.45) is 0. The molecule has 0 saturated carbocycles. The fourth-order valence-corrected chi connectivity index (χ4v) is 3.31. The number of nitrogens with zero attached hydrogens (tertiary/aromatic N) is 1. The van der Waals surface area contributed by atoms with Gasteiger partial charge in [0.2, 0.25) is 5.91 Å². The standard InChI is InChI=1S/C9H18N2O3S.ClH/c1-6(10)9(12)11-4-5-15(13,14)8(3)7(11)2;/h6-8H,4-5,10H2,1-3H3;1H/t6-,7?,8?;/m0./s1. The predicted molar refractivity (Wildman–Crippen MR) is 65.3 cm³/mol. The number of halogens is 1. The second kappa shape index (κ2) is 5.33. The van der Waals surface area contributed by atoms with Gasteiger partial charge in [-0.05, 0) is 20.8 Å². The van der Waals surface area contributed by atoms with Gasteiger partial charge in [-0.25, -0.2) is 8.42 Å². The summed E-state index contributed by atoms with van der Waals surface area (Å²) in [5, 5.41) is -0.506. The van der Waals surface area contributed by atoms with E-state index in [2.05, 4.69) is 0 Å². The fourth-order valence-electron chi connectivity index (χ4n) is 1.74. The molecule has 1 heterocycles. The van der Waals surface area contributed by atoms with E-state index in [4.69, 9.17) is 5.73 Å². The molecular weight excluding hydrogens is 252 g/mol. The monoisotopic (exact) mass is 270 g/mol. The summed E-state index contributed by atoms with van der Waals surface area (Å²) in [7, 11) is -3.04. The molecule has 3 atom stereocenters. The van der Waals surface area contributed by atoms with Crippen LogP contribution in [0.25, 0.3) is 0 Å². The minimum atomic E-state index is -3.04. The third kappa shape index (κ3) is 2.87. The summed E-state index contributed by atoms with van der Waals surface area (Å²) in [6.45, 7) is 5.26. The van der Waals surface area contributed by atoms with Gasteiger partial charge in [-0.15, -0.1) is 12.4 Å². The lowest BCUT2D eigenvalue weighted by molar-refractivity contribution is -0.134. The summed E-state index contributed by atoms with van der Waals surface area (Å²) >= 11 is 0. The van der Waals surface area contributed by atoms with Gasteiger partial charge in [0.25, 0.3) is 0 Å². The van der Waals surface area contributed by atoms with Crippen molar-refractivity contribution in [2.24, 2.45) is 5.73 Å². The molecule has 96 valence electrons. The molecule has 0 radical (unpaired) electrons. The summed E-state index contributed by atoms with van der Waals surface area (Å²) < 4.78 is 23.1. The number of sulfone groups is 1. The van der Waals surface area contributed by atoms with E-state index in [9.17, 15) is 13.2 Å². The number of nitrogens with two attached hydrogens (primary N) is 1. The zero-order valence-corrected chi connectivity index (χ0v) is 11.3. The second-order valence-electron chi connectivity index (χ2n) is 4.13. The third-order valence-electron chi connectivity index (χ3n) is 3.03. The summed E-state index contributed by atoms with van der Waals surface area (Å²) in [4.78, 5) is 13.2. The lowest BCUT2D eigenvalue weighted by Gasteiger charge is -2.38. The van der Waals surface area contributed by atoms with E-state index >= 15 is 0 Å². The molecule has 16 heavy (non-hydrogen) atoms. The van der Waals surface area contributed by atoms with Crippen LogP contribution in [0.4, 0.5) is 0 Å². The number of carbonyl (C=O) groups excluding carboxylic acids is 1. The van der Waals surface area contributed by atoms with Gasteiger partial charge in [-0.2, -0.15) is 0 Å². The van der Waals surface area contributed by atoms with Gasteiger partial charge in [0.15, 0.2) is 9.84 Å². The minimum Gasteiger partial charge on any atom is -0.336 e. The van der Waals surface area contributed by atoms with Crippen molar-refractivity contribution >= 4 is 28.2 Å². The molecule has 1 aliphatic rings. The van der Waals surface area contributed by atoms with Gasteiger partial charge >= 0.3 is 0 Å². The maximum atomic E-state index is 11.7. The number of hydrogen-bond acceptors (Lipinski definition) is 4. The van der Waals surface area contributed by atoms with Crippen molar-refractivity contribution in [2.75, 3.05) is 12.3 Å². The Bertz CT molecular complexity index is 356. The Balaban J connectivity index is 0.00000225. The largest absolute Gasteiger partial charge is 0.336 e. The molecule has 0 aromatic rings. The molecule has 1 saturated heterocycles. The van der Waals surface area contributed by atoms with Crippen molar-refractivity contribution in [3.05, 3.63) is 0 Å². The van der Waals surface area contributed by atoms with E-state index < -0.39 is 21.1 Å². The van der Waals surface area contributed by atoms with Crippen LogP contribution in [0.5, 0.6) is 0 Å². The summed E-state index contributed by atoms with van der Waals surface area (Å²) in [5.74, 6) is -0.138. The highest BCUT2D eigenvalue weighted by atomic mass is 35.5. The molecule has 1 amide bonds. The lowest BCUT2D eigenvalue weighted by atomic mass is 10.2. The fraction of sp³-hybridized carbons (Fsp3) is 0.889. The second-order valence-corrected chi connectivity index (χ2v) is 6.61. The molecule has 7 heteroatoms. The van der Waals surface area contributed by atoms with Crippen LogP contribution in [0.3, 0.4) is 0 Å². The van der Waals surface area contributed by atoms with Crippen molar-refractivity contribution < 1.29 is 13.2 Å². The average molecular weight is 271 g/mol. The van der Waals surface area contributed by atoms with E-state index in [0.717, 1.165) is 0 Å². The number of carbonyl (C=O) groups is 1. The highest BCUT2D eigenvalue weighted by Gasteiger charge is 2.38. The molecule has 2 N–H and O–H groups in total. The van der Waals surface area contributed by atoms with E-state index in [-0.39, 0.29) is 36.7 Å². The number of amides is 1. The Kier molecular flexibility index (Phi) is 5.22. The Hall–Kier alpha value is -0.330. The zero-order chi connectivity index (χ0) is 11.8. The molecule has 1 aliphatic heterocycles. The molecular formula is C9H19ClN2O3S. The van der Waals surface area contributed by atoms with Crippen LogP contribution in [0.1, 0.15) is 20.8 Å². The summed E-state index contributed by atoms with van der Waals surface area (Å²) in [5.41, 5.74) is 5.50. The normalized spacial score (nSPS) is 30.4. The van der Waals surface area contributed by atoms with E-state index in [1.165, 1.54) is 0 Å². The average Bonchev–Trinajstić information content (AvgIpc) is 2.14. The highest BCUT2D eigenvalue weighted by molar-refractivity contribution is 7.92. The highest BCUT2D eigenvalue weighted by Crippen LogP contribution is 2.19. The van der Waals surface area contributed by atoms with Crippen molar-refractivity contribution in [3.8, 4) is 0 Å². The van der Waals surface area contributed by atoms with Crippen molar-refractivity contribution in [3.63, 3.8) is 0 Å². The van der Waals surface area contributed by atoms with Crippen molar-refractivity contribution in [2.45, 2.75) is 38.1 Å². The lowest BCUT2D eigenvalue weighted by Crippen LogP contribution is -2.57. The van der Waals surface area contributed by atoms with Gasteiger partial charge in [0, 0.05) is 12.6 Å². The molecule has 0 bridgehead atoms. The van der Waals surface area contributed by atoms with Gasteiger partial charge in [-0.3, -0.25) is 4.79 Å². The Morgan fingerprint density at radius 2 is 1.94 bits per heavy atom. The quantitative estimate of drug-likeness (QED) is 0.715. The van der Waals surface area contributed by atoms with E-state index in [0.29, 0.717) is 0 Å². The van der Waals surface area contributed by atoms with Crippen LogP contribution < -0.4 is 5.73 Å². The van der Waals surface area contributed by atoms with E-state index in [1.807, 2.05) is 0 Å². The Labute approximate surface area is 103 Å². The predicted octanol–water partition coefficient (Wildman–Crippen LogP) is -0.211. The SMILES string of the molecule is CC1C(C)S(=O)(=O)CCN1C(=O)[C@H](C)N.Cl. The maximum Gasteiger partial charge on any atom is 0.239 e.